The average molecular weight is 1990 g/mol. The van der Waals surface area contributed by atoms with Crippen LogP contribution >= 0.6 is 0 Å². The summed E-state index contributed by atoms with van der Waals surface area (Å²) in [6, 6.07) is 0. The van der Waals surface area contributed by atoms with Crippen molar-refractivity contribution in [3.05, 3.63) is 0 Å². The molecule has 0 saturated carbocycles. The van der Waals surface area contributed by atoms with Crippen molar-refractivity contribution in [2.45, 2.75) is 699 Å². The Morgan fingerprint density at radius 1 is 0.135 bits per heavy atom. The van der Waals surface area contributed by atoms with Gasteiger partial charge < -0.3 is 58.6 Å². The molecule has 133 heavy (non-hydrogen) atoms. The van der Waals surface area contributed by atoms with Gasteiger partial charge in [-0.05, 0) is 150 Å². The van der Waals surface area contributed by atoms with E-state index >= 15 is 0 Å². The number of carbonyl (C=O) groups excluding carboxylic acids is 4. The quantitative estimate of drug-likeness (QED) is 0.0242. The minimum atomic E-state index is -1.38. The van der Waals surface area contributed by atoms with Crippen LogP contribution in [0.5, 0.6) is 0 Å². The smallest absolute Gasteiger partial charge is 0.550 e. The molecular formula is C120H236O12Sn. The summed E-state index contributed by atoms with van der Waals surface area (Å²) in [4.78, 5) is 42.3. The molecule has 0 aliphatic heterocycles. The fourth-order valence-corrected chi connectivity index (χ4v) is 21.4. The van der Waals surface area contributed by atoms with Gasteiger partial charge >= 0.3 is 23.9 Å². The van der Waals surface area contributed by atoms with Crippen molar-refractivity contribution in [1.29, 1.82) is 0 Å². The maximum absolute atomic E-state index is 10.6. The average Bonchev–Trinajstić information content (AvgIpc) is 0.887. The fraction of sp³-hybridized carbons (Fsp3) is 0.967. The van der Waals surface area contributed by atoms with Gasteiger partial charge in [-0.15, -0.1) is 0 Å². The number of hydrogen-bond donors (Lipinski definition) is 0. The van der Waals surface area contributed by atoms with E-state index < -0.39 is 24.6 Å². The summed E-state index contributed by atoms with van der Waals surface area (Å²) >= 11 is 0. The number of carbonyl (C=O) groups is 4. The molecule has 0 aromatic carbocycles. The third-order valence-corrected chi connectivity index (χ3v) is 30.0. The van der Waals surface area contributed by atoms with E-state index in [1.807, 2.05) is 0 Å². The molecule has 0 aliphatic rings. The van der Waals surface area contributed by atoms with Crippen molar-refractivity contribution < 1.29 is 58.6 Å². The van der Waals surface area contributed by atoms with Crippen LogP contribution in [0.15, 0.2) is 0 Å². The Hall–Kier alpha value is -2.12. The number of hydrogen-bond acceptors (Lipinski definition) is 12. The molecule has 0 fully saturated rings. The van der Waals surface area contributed by atoms with Gasteiger partial charge in [-0.1, -0.05) is 571 Å². The standard InChI is InChI=1S/4C30H60O3.Sn/c4*1-4-7-10-13-16-19-24-30(25-20-17-14-11-8-5-2,26-21-18-15-12-9-6-3)27-22-23-28-33-29(31)32;/h4*4-28H2,1-3H3,(H,31,32);/q;;;;+4/p-4. The summed E-state index contributed by atoms with van der Waals surface area (Å²) in [5.74, 6) is 0. The molecule has 0 heterocycles. The van der Waals surface area contributed by atoms with Gasteiger partial charge in [0.2, 0.25) is 0 Å². The van der Waals surface area contributed by atoms with Crippen LogP contribution < -0.4 is 20.4 Å². The first-order valence-corrected chi connectivity index (χ1v) is 59.7. The van der Waals surface area contributed by atoms with Gasteiger partial charge in [0, 0.05) is 26.4 Å². The van der Waals surface area contributed by atoms with E-state index in [2.05, 4.69) is 102 Å². The Kier molecular flexibility index (Phi) is 119. The molecular weight excluding hydrogens is 1750 g/mol. The second-order valence-electron chi connectivity index (χ2n) is 42.4. The maximum Gasteiger partial charge on any atom is 4.00 e. The summed E-state index contributed by atoms with van der Waals surface area (Å²) in [7, 11) is 0. The molecule has 0 rings (SSSR count). The third kappa shape index (κ3) is 106. The van der Waals surface area contributed by atoms with Gasteiger partial charge in [-0.2, -0.15) is 0 Å². The van der Waals surface area contributed by atoms with E-state index in [0.29, 0.717) is 48.1 Å². The summed E-state index contributed by atoms with van der Waals surface area (Å²) in [6.07, 6.45) is 122. The minimum absolute atomic E-state index is 0. The van der Waals surface area contributed by atoms with Crippen LogP contribution in [0.4, 0.5) is 19.2 Å². The van der Waals surface area contributed by atoms with Crippen molar-refractivity contribution in [2.24, 2.45) is 21.7 Å². The predicted molar refractivity (Wildman–Crippen MR) is 572 cm³/mol. The summed E-state index contributed by atoms with van der Waals surface area (Å²) in [6.45, 7) is 28.6. The number of ether oxygens (including phenoxy) is 4. The third-order valence-electron chi connectivity index (χ3n) is 30.0. The van der Waals surface area contributed by atoms with Crippen LogP contribution in [-0.4, -0.2) is 75.0 Å². The fourth-order valence-electron chi connectivity index (χ4n) is 21.4. The van der Waals surface area contributed by atoms with Gasteiger partial charge in [0.25, 0.3) is 24.6 Å². The first-order chi connectivity index (χ1) is 64.4. The van der Waals surface area contributed by atoms with Crippen molar-refractivity contribution in [1.82, 2.24) is 0 Å². The van der Waals surface area contributed by atoms with E-state index in [4.69, 9.17) is 0 Å². The van der Waals surface area contributed by atoms with Gasteiger partial charge in [0.05, 0.1) is 0 Å². The molecule has 12 nitrogen and oxygen atoms in total. The Labute approximate surface area is 849 Å². The largest absolute Gasteiger partial charge is 4.00 e. The molecule has 0 spiro atoms. The molecule has 0 radical (unpaired) electrons. The molecule has 0 aromatic rings. The first kappa shape index (κ1) is 139. The maximum atomic E-state index is 10.6. The molecule has 0 atom stereocenters. The van der Waals surface area contributed by atoms with Crippen molar-refractivity contribution in [3.63, 3.8) is 0 Å². The number of rotatable bonds is 104. The number of carboxylic acid groups (broad SMARTS) is 4. The summed E-state index contributed by atoms with van der Waals surface area (Å²) < 4.78 is 18.7. The van der Waals surface area contributed by atoms with Crippen molar-refractivity contribution in [2.75, 3.05) is 26.4 Å². The first-order valence-electron chi connectivity index (χ1n) is 59.7. The molecule has 0 aromatic heterocycles. The van der Waals surface area contributed by atoms with Crippen LogP contribution in [-0.2, 0) is 18.9 Å². The second-order valence-corrected chi connectivity index (χ2v) is 42.4. The Morgan fingerprint density at radius 2 is 0.211 bits per heavy atom. The van der Waals surface area contributed by atoms with Crippen LogP contribution in [0.2, 0.25) is 0 Å². The topological polar surface area (TPSA) is 197 Å². The molecule has 0 N–H and O–H groups in total. The molecule has 13 heteroatoms. The summed E-state index contributed by atoms with van der Waals surface area (Å²) in [5.41, 5.74) is 1.84. The van der Waals surface area contributed by atoms with E-state index in [-0.39, 0.29) is 23.9 Å². The zero-order chi connectivity index (χ0) is 97.8. The van der Waals surface area contributed by atoms with Crippen LogP contribution in [0.25, 0.3) is 0 Å². The second kappa shape index (κ2) is 113. The molecule has 792 valence electrons. The van der Waals surface area contributed by atoms with E-state index in [9.17, 15) is 39.6 Å². The van der Waals surface area contributed by atoms with E-state index in [1.165, 1.54) is 565 Å². The van der Waals surface area contributed by atoms with E-state index in [1.54, 1.807) is 0 Å². The zero-order valence-electron chi connectivity index (χ0n) is 92.1. The number of unbranched alkanes of at least 4 members (excludes halogenated alkanes) is 64. The molecule has 0 aliphatic carbocycles. The van der Waals surface area contributed by atoms with Crippen LogP contribution in [0.1, 0.15) is 699 Å². The monoisotopic (exact) mass is 1990 g/mol. The Balaban J connectivity index is -0.000000546. The van der Waals surface area contributed by atoms with Gasteiger partial charge in [-0.25, -0.2) is 0 Å². The SMILES string of the molecule is CCCCCCCCC(CCCCCCCC)(CCCCCCCC)CCCCOC(=O)[O-].CCCCCCCCC(CCCCCCCC)(CCCCCCCC)CCCCOC(=O)[O-].CCCCCCCCC(CCCCCCCC)(CCCCCCCC)CCCCOC(=O)[O-].CCCCCCCCC(CCCCCCCC)(CCCCCCCC)CCCCOC(=O)[O-].[Sn+4]. The normalized spacial score (nSPS) is 11.6. The Morgan fingerprint density at radius 3 is 0.293 bits per heavy atom. The van der Waals surface area contributed by atoms with Crippen molar-refractivity contribution >= 4 is 48.5 Å². The van der Waals surface area contributed by atoms with Crippen LogP contribution in [0, 0.1) is 21.7 Å². The van der Waals surface area contributed by atoms with Gasteiger partial charge in [0.1, 0.15) is 0 Å². The van der Waals surface area contributed by atoms with Gasteiger partial charge in [-0.3, -0.25) is 0 Å². The minimum Gasteiger partial charge on any atom is -0.550 e. The summed E-state index contributed by atoms with van der Waals surface area (Å²) in [5, 5.41) is 42.3. The van der Waals surface area contributed by atoms with Crippen molar-refractivity contribution in [3.8, 4) is 0 Å². The predicted octanol–water partition coefficient (Wildman–Crippen LogP) is 38.6. The molecule has 0 unspecified atom stereocenters. The van der Waals surface area contributed by atoms with Gasteiger partial charge in [0.15, 0.2) is 0 Å². The Bertz CT molecular complexity index is 1780. The van der Waals surface area contributed by atoms with Crippen LogP contribution in [0.3, 0.4) is 0 Å². The molecule has 0 saturated heterocycles. The zero-order valence-corrected chi connectivity index (χ0v) is 95.0. The molecule has 0 amide bonds. The van der Waals surface area contributed by atoms with E-state index in [0.717, 1.165) is 51.4 Å². The molecule has 0 bridgehead atoms.